The van der Waals surface area contributed by atoms with Gasteiger partial charge in [-0.2, -0.15) is 0 Å². The van der Waals surface area contributed by atoms with Crippen molar-refractivity contribution in [2.75, 3.05) is 0 Å². The molecule has 0 aromatic rings. The van der Waals surface area contributed by atoms with E-state index < -0.39 is 0 Å². The van der Waals surface area contributed by atoms with Gasteiger partial charge in [0.05, 0.1) is 0 Å². The molecule has 0 spiro atoms. The fourth-order valence-electron chi connectivity index (χ4n) is 0. The molecule has 0 aliphatic heterocycles. The molecule has 0 saturated heterocycles. The van der Waals surface area contributed by atoms with Gasteiger partial charge in [0.2, 0.25) is 0 Å². The van der Waals surface area contributed by atoms with Gasteiger partial charge < -0.3 is 0 Å². The van der Waals surface area contributed by atoms with Gasteiger partial charge in [0.1, 0.15) is 0 Å². The third-order valence-corrected chi connectivity index (χ3v) is 0. The predicted molar refractivity (Wildman–Crippen MR) is 7.68 cm³/mol. The quantitative estimate of drug-likeness (QED) is 0.454. The summed E-state index contributed by atoms with van der Waals surface area (Å²) in [4.78, 5) is 0. The third-order valence-electron chi connectivity index (χ3n) is 0. The molecular formula is CH2CuNiO2. The molecule has 0 bridgehead atoms. The molecule has 39 valence electrons. The van der Waals surface area contributed by atoms with Gasteiger partial charge in [-0.25, -0.2) is 0 Å². The second kappa shape index (κ2) is 20.4. The van der Waals surface area contributed by atoms with Crippen LogP contribution in [-0.4, -0.2) is 8.38 Å². The average Bonchev–Trinajstić information content (AvgIpc) is 0.918. The summed E-state index contributed by atoms with van der Waals surface area (Å²) in [5.41, 5.74) is 0. The van der Waals surface area contributed by atoms with Gasteiger partial charge in [-0.3, -0.25) is 0 Å². The number of rotatable bonds is 0. The molecule has 5 heavy (non-hydrogen) atoms. The van der Waals surface area contributed by atoms with E-state index in [0.717, 1.165) is 0 Å². The van der Waals surface area contributed by atoms with Gasteiger partial charge in [0, 0.05) is 23.9 Å². The van der Waals surface area contributed by atoms with Gasteiger partial charge in [-0.05, 0) is 0 Å². The normalized spacial score (nSPS) is 4.40. The summed E-state index contributed by atoms with van der Waals surface area (Å²) in [7, 11) is 0. The van der Waals surface area contributed by atoms with E-state index in [0.29, 0.717) is 0 Å². The Morgan fingerprint density at radius 1 is 1.20 bits per heavy atom. The molecule has 0 aromatic heterocycles. The molecule has 4 radical (unpaired) electrons. The van der Waals surface area contributed by atoms with Crippen molar-refractivity contribution in [3.63, 3.8) is 0 Å². The second-order valence-corrected chi connectivity index (χ2v) is 0.249. The van der Waals surface area contributed by atoms with Gasteiger partial charge in [-0.1, -0.05) is 0 Å². The van der Waals surface area contributed by atoms with Crippen molar-refractivity contribution in [1.29, 1.82) is 0 Å². The van der Waals surface area contributed by atoms with Crippen LogP contribution in [0.25, 0.3) is 0 Å². The van der Waals surface area contributed by atoms with Crippen LogP contribution in [0.3, 0.4) is 0 Å². The Morgan fingerprint density at radius 2 is 1.20 bits per heavy atom. The van der Waals surface area contributed by atoms with Crippen LogP contribution in [0.2, 0.25) is 0 Å². The van der Waals surface area contributed by atoms with E-state index in [9.17, 15) is 0 Å². The van der Waals surface area contributed by atoms with Crippen LogP contribution in [0.5, 0.6) is 0 Å². The summed E-state index contributed by atoms with van der Waals surface area (Å²) in [6.45, 7) is 0. The zero-order chi connectivity index (χ0) is 2.71. The summed E-state index contributed by atoms with van der Waals surface area (Å²) in [6.07, 6.45) is 0. The van der Waals surface area contributed by atoms with Gasteiger partial charge in [-0.15, -0.1) is 0 Å². The first-order valence-electron chi connectivity index (χ1n) is 0.270. The molecule has 0 atom stereocenters. The van der Waals surface area contributed by atoms with Gasteiger partial charge >= 0.3 is 24.0 Å². The van der Waals surface area contributed by atoms with Crippen LogP contribution in [-0.2, 0) is 32.1 Å². The van der Waals surface area contributed by atoms with E-state index in [4.69, 9.17) is 8.38 Å². The molecule has 0 amide bonds. The van der Waals surface area contributed by atoms with Crippen LogP contribution in [0.15, 0.2) is 0 Å². The van der Waals surface area contributed by atoms with Crippen molar-refractivity contribution in [3.05, 3.63) is 7.43 Å². The summed E-state index contributed by atoms with van der Waals surface area (Å²) >= 11 is -0.188. The van der Waals surface area contributed by atoms with Crippen molar-refractivity contribution in [3.8, 4) is 0 Å². The summed E-state index contributed by atoms with van der Waals surface area (Å²) < 4.78 is 14.1. The zero-order valence-corrected chi connectivity index (χ0v) is 3.94. The van der Waals surface area contributed by atoms with Crippen LogP contribution in [0, 0.1) is 7.43 Å². The van der Waals surface area contributed by atoms with E-state index >= 15 is 0 Å². The Hall–Kier alpha value is 0.933. The van der Waals surface area contributed by atoms with Crippen LogP contribution >= 0.6 is 0 Å². The summed E-state index contributed by atoms with van der Waals surface area (Å²) in [5.74, 6) is 0. The molecule has 0 aliphatic carbocycles. The van der Waals surface area contributed by atoms with Crippen LogP contribution < -0.4 is 0 Å². The van der Waals surface area contributed by atoms with Crippen LogP contribution in [0.1, 0.15) is 0 Å². The Balaban J connectivity index is -0.0000000200. The molecule has 0 unspecified atom stereocenters. The molecule has 2 nitrogen and oxygen atoms in total. The SMILES string of the molecule is [C].[Ni].[OH][Cu][OH]. The Labute approximate surface area is 48.3 Å². The van der Waals surface area contributed by atoms with Crippen molar-refractivity contribution >= 4 is 0 Å². The van der Waals surface area contributed by atoms with Crippen molar-refractivity contribution in [2.45, 2.75) is 0 Å². The summed E-state index contributed by atoms with van der Waals surface area (Å²) in [5, 5.41) is 0. The zero-order valence-electron chi connectivity index (χ0n) is 2.01. The van der Waals surface area contributed by atoms with Crippen molar-refractivity contribution in [2.24, 2.45) is 0 Å². The van der Waals surface area contributed by atoms with Crippen LogP contribution in [0.4, 0.5) is 0 Å². The first kappa shape index (κ1) is 16.8. The summed E-state index contributed by atoms with van der Waals surface area (Å²) in [6, 6.07) is 0. The fraction of sp³-hybridized carbons (Fsp3) is 0. The first-order chi connectivity index (χ1) is 1.41. The molecule has 0 aliphatic rings. The average molecular weight is 168 g/mol. The molecular weight excluding hydrogens is 166 g/mol. The molecule has 0 heterocycles. The number of hydrogen-bond acceptors (Lipinski definition) is 2. The van der Waals surface area contributed by atoms with Crippen molar-refractivity contribution in [1.82, 2.24) is 0 Å². The molecule has 0 aromatic carbocycles. The monoisotopic (exact) mass is 167 g/mol. The molecule has 0 fully saturated rings. The maximum absolute atomic E-state index is 7.03. The van der Waals surface area contributed by atoms with Crippen molar-refractivity contribution < 1.29 is 40.5 Å². The number of hydrogen-bond donors (Lipinski definition) is 2. The molecule has 4 heteroatoms. The predicted octanol–water partition coefficient (Wildman–Crippen LogP) is -1.04. The van der Waals surface area contributed by atoms with E-state index in [1.807, 2.05) is 0 Å². The Kier molecular flexibility index (Phi) is 68.5. The topological polar surface area (TPSA) is 40.5 Å². The van der Waals surface area contributed by atoms with E-state index in [1.165, 1.54) is 0 Å². The fourth-order valence-corrected chi connectivity index (χ4v) is 0. The standard InChI is InChI=1S/C.Cu.Ni.2H2O/h;;;2*1H2/q;+2;;;/p-2. The second-order valence-electron chi connectivity index (χ2n) is 0.0603. The Morgan fingerprint density at radius 3 is 1.20 bits per heavy atom. The molecule has 2 N–H and O–H groups in total. The Bertz CT molecular complexity index is 9.61. The van der Waals surface area contributed by atoms with E-state index in [1.54, 1.807) is 0 Å². The minimum absolute atomic E-state index is 0. The minimum atomic E-state index is -0.188. The molecule has 0 rings (SSSR count). The third kappa shape index (κ3) is 48.8. The van der Waals surface area contributed by atoms with E-state index in [2.05, 4.69) is 0 Å². The van der Waals surface area contributed by atoms with Gasteiger partial charge in [0.25, 0.3) is 0 Å². The maximum atomic E-state index is 7.03. The first-order valence-corrected chi connectivity index (χ1v) is 1.11. The van der Waals surface area contributed by atoms with Gasteiger partial charge in [0.15, 0.2) is 0 Å². The van der Waals surface area contributed by atoms with E-state index in [-0.39, 0.29) is 39.5 Å². The molecule has 0 saturated carbocycles.